The van der Waals surface area contributed by atoms with Gasteiger partial charge in [-0.3, -0.25) is 9.78 Å². The largest absolute Gasteiger partial charge is 0.380 e. The zero-order chi connectivity index (χ0) is 12.0. The number of ether oxygens (including phenoxy) is 1. The number of nitrogens with zero attached hydrogens (tertiary/aromatic N) is 2. The Hall–Kier alpha value is -1.20. The van der Waals surface area contributed by atoms with E-state index in [1.54, 1.807) is 0 Å². The second-order valence-electron chi connectivity index (χ2n) is 3.26. The Morgan fingerprint density at radius 1 is 1.62 bits per heavy atom. The summed E-state index contributed by atoms with van der Waals surface area (Å²) in [6.07, 6.45) is 2.75. The highest BCUT2D eigenvalue weighted by Crippen LogP contribution is 2.02. The van der Waals surface area contributed by atoms with E-state index < -0.39 is 0 Å². The van der Waals surface area contributed by atoms with Gasteiger partial charge in [-0.15, -0.1) is 0 Å². The fraction of sp³-hybridized carbons (Fsp3) is 0.500. The fourth-order valence-electron chi connectivity index (χ4n) is 1.09. The van der Waals surface area contributed by atoms with Gasteiger partial charge in [0.2, 0.25) is 0 Å². The van der Waals surface area contributed by atoms with Crippen molar-refractivity contribution >= 4 is 17.5 Å². The van der Waals surface area contributed by atoms with Crippen LogP contribution < -0.4 is 5.32 Å². The van der Waals surface area contributed by atoms with Crippen molar-refractivity contribution in [2.24, 2.45) is 0 Å². The summed E-state index contributed by atoms with van der Waals surface area (Å²) in [6, 6.07) is -0.0757. The van der Waals surface area contributed by atoms with Crippen LogP contribution in [0, 0.1) is 0 Å². The molecule has 88 valence electrons. The smallest absolute Gasteiger partial charge is 0.271 e. The summed E-state index contributed by atoms with van der Waals surface area (Å²) in [5.74, 6) is -0.304. The molecule has 0 spiro atoms. The first-order valence-electron chi connectivity index (χ1n) is 4.99. The van der Waals surface area contributed by atoms with Crippen LogP contribution in [0.5, 0.6) is 0 Å². The van der Waals surface area contributed by atoms with E-state index in [0.29, 0.717) is 13.2 Å². The maximum atomic E-state index is 11.6. The SMILES string of the molecule is CCOCC(C)NC(=O)c1cncc(Cl)n1. The molecule has 1 N–H and O–H groups in total. The van der Waals surface area contributed by atoms with Gasteiger partial charge in [0, 0.05) is 12.6 Å². The highest BCUT2D eigenvalue weighted by atomic mass is 35.5. The van der Waals surface area contributed by atoms with Crippen molar-refractivity contribution in [2.45, 2.75) is 19.9 Å². The maximum Gasteiger partial charge on any atom is 0.271 e. The molecule has 1 heterocycles. The van der Waals surface area contributed by atoms with E-state index in [4.69, 9.17) is 16.3 Å². The monoisotopic (exact) mass is 243 g/mol. The summed E-state index contributed by atoms with van der Waals surface area (Å²) in [6.45, 7) is 4.84. The Balaban J connectivity index is 2.52. The summed E-state index contributed by atoms with van der Waals surface area (Å²) in [7, 11) is 0. The average molecular weight is 244 g/mol. The van der Waals surface area contributed by atoms with Gasteiger partial charge >= 0.3 is 0 Å². The molecule has 0 bridgehead atoms. The van der Waals surface area contributed by atoms with Crippen LogP contribution in [0.15, 0.2) is 12.4 Å². The first-order chi connectivity index (χ1) is 7.63. The van der Waals surface area contributed by atoms with Crippen molar-refractivity contribution in [3.05, 3.63) is 23.2 Å². The van der Waals surface area contributed by atoms with Gasteiger partial charge in [0.05, 0.1) is 19.0 Å². The second-order valence-corrected chi connectivity index (χ2v) is 3.65. The number of carbonyl (C=O) groups excluding carboxylic acids is 1. The van der Waals surface area contributed by atoms with Gasteiger partial charge in [-0.05, 0) is 13.8 Å². The zero-order valence-corrected chi connectivity index (χ0v) is 9.99. The van der Waals surface area contributed by atoms with E-state index in [-0.39, 0.29) is 22.8 Å². The molecule has 1 amide bonds. The molecule has 0 aliphatic heterocycles. The van der Waals surface area contributed by atoms with Crippen molar-refractivity contribution in [2.75, 3.05) is 13.2 Å². The maximum absolute atomic E-state index is 11.6. The van der Waals surface area contributed by atoms with Gasteiger partial charge in [0.25, 0.3) is 5.91 Å². The van der Waals surface area contributed by atoms with Crippen molar-refractivity contribution in [3.8, 4) is 0 Å². The molecule has 1 unspecified atom stereocenters. The van der Waals surface area contributed by atoms with Gasteiger partial charge in [0.1, 0.15) is 10.8 Å². The number of nitrogens with one attached hydrogen (secondary N) is 1. The van der Waals surface area contributed by atoms with E-state index >= 15 is 0 Å². The molecule has 0 aromatic carbocycles. The number of hydrogen-bond donors (Lipinski definition) is 1. The number of aromatic nitrogens is 2. The molecule has 1 atom stereocenters. The third-order valence-electron chi connectivity index (χ3n) is 1.79. The highest BCUT2D eigenvalue weighted by Gasteiger charge is 2.11. The van der Waals surface area contributed by atoms with Crippen LogP contribution in [0.2, 0.25) is 5.15 Å². The molecule has 0 aliphatic rings. The number of hydrogen-bond acceptors (Lipinski definition) is 4. The predicted molar refractivity (Wildman–Crippen MR) is 60.5 cm³/mol. The minimum Gasteiger partial charge on any atom is -0.380 e. The first kappa shape index (κ1) is 12.9. The number of carbonyl (C=O) groups is 1. The summed E-state index contributed by atoms with van der Waals surface area (Å²) in [5, 5.41) is 2.93. The molecule has 1 aromatic rings. The molecule has 1 rings (SSSR count). The van der Waals surface area contributed by atoms with Gasteiger partial charge in [-0.25, -0.2) is 4.98 Å². The average Bonchev–Trinajstić information content (AvgIpc) is 2.26. The molecule has 16 heavy (non-hydrogen) atoms. The summed E-state index contributed by atoms with van der Waals surface area (Å²) >= 11 is 5.63. The van der Waals surface area contributed by atoms with Crippen LogP contribution in [-0.4, -0.2) is 35.1 Å². The van der Waals surface area contributed by atoms with Gasteiger partial charge < -0.3 is 10.1 Å². The highest BCUT2D eigenvalue weighted by molar-refractivity contribution is 6.29. The van der Waals surface area contributed by atoms with Crippen LogP contribution in [0.4, 0.5) is 0 Å². The van der Waals surface area contributed by atoms with Gasteiger partial charge in [-0.2, -0.15) is 0 Å². The minimum absolute atomic E-state index is 0.0757. The number of amides is 1. The van der Waals surface area contributed by atoms with Crippen LogP contribution in [0.3, 0.4) is 0 Å². The zero-order valence-electron chi connectivity index (χ0n) is 9.24. The molecular formula is C10H14ClN3O2. The van der Waals surface area contributed by atoms with Crippen molar-refractivity contribution in [1.82, 2.24) is 15.3 Å². The summed E-state index contributed by atoms with van der Waals surface area (Å²) in [5.41, 5.74) is 0.204. The lowest BCUT2D eigenvalue weighted by molar-refractivity contribution is 0.0867. The lowest BCUT2D eigenvalue weighted by Gasteiger charge is -2.12. The third kappa shape index (κ3) is 4.12. The van der Waals surface area contributed by atoms with E-state index in [1.807, 2.05) is 13.8 Å². The first-order valence-corrected chi connectivity index (χ1v) is 5.37. The molecule has 1 aromatic heterocycles. The Labute approximate surface area is 99.2 Å². The van der Waals surface area contributed by atoms with E-state index in [1.165, 1.54) is 12.4 Å². The van der Waals surface area contributed by atoms with E-state index in [2.05, 4.69) is 15.3 Å². The van der Waals surface area contributed by atoms with Gasteiger partial charge in [-0.1, -0.05) is 11.6 Å². The van der Waals surface area contributed by atoms with Crippen molar-refractivity contribution in [3.63, 3.8) is 0 Å². The summed E-state index contributed by atoms with van der Waals surface area (Å²) < 4.78 is 5.18. The predicted octanol–water partition coefficient (Wildman–Crippen LogP) is 1.28. The normalized spacial score (nSPS) is 12.2. The van der Waals surface area contributed by atoms with Crippen molar-refractivity contribution in [1.29, 1.82) is 0 Å². The van der Waals surface area contributed by atoms with Crippen LogP contribution in [0.25, 0.3) is 0 Å². The Morgan fingerprint density at radius 2 is 2.38 bits per heavy atom. The van der Waals surface area contributed by atoms with Gasteiger partial charge in [0.15, 0.2) is 0 Å². The minimum atomic E-state index is -0.304. The molecule has 0 saturated heterocycles. The lowest BCUT2D eigenvalue weighted by Crippen LogP contribution is -2.36. The second kappa shape index (κ2) is 6.40. The van der Waals surface area contributed by atoms with Crippen LogP contribution >= 0.6 is 11.6 Å². The van der Waals surface area contributed by atoms with E-state index in [9.17, 15) is 4.79 Å². The van der Waals surface area contributed by atoms with Crippen LogP contribution in [0.1, 0.15) is 24.3 Å². The third-order valence-corrected chi connectivity index (χ3v) is 1.97. The molecule has 5 nitrogen and oxygen atoms in total. The van der Waals surface area contributed by atoms with Crippen molar-refractivity contribution < 1.29 is 9.53 Å². The van der Waals surface area contributed by atoms with E-state index in [0.717, 1.165) is 0 Å². The topological polar surface area (TPSA) is 64.1 Å². The Bertz CT molecular complexity index is 360. The lowest BCUT2D eigenvalue weighted by atomic mass is 10.3. The van der Waals surface area contributed by atoms with Crippen LogP contribution in [-0.2, 0) is 4.74 Å². The molecule has 0 saturated carbocycles. The number of halogens is 1. The fourth-order valence-corrected chi connectivity index (χ4v) is 1.23. The number of rotatable bonds is 5. The standard InChI is InChI=1S/C10H14ClN3O2/c1-3-16-6-7(2)13-10(15)8-4-12-5-9(11)14-8/h4-5,7H,3,6H2,1-2H3,(H,13,15). The molecule has 0 radical (unpaired) electrons. The molecule has 6 heteroatoms. The quantitative estimate of drug-likeness (QED) is 0.846. The molecule has 0 aliphatic carbocycles. The summed E-state index contributed by atoms with van der Waals surface area (Å²) in [4.78, 5) is 19.3. The molecule has 0 fully saturated rings. The Morgan fingerprint density at radius 3 is 3.00 bits per heavy atom. The molecular weight excluding hydrogens is 230 g/mol. The Kier molecular flexibility index (Phi) is 5.14.